The number of hydrogen-bond donors (Lipinski definition) is 0. The summed E-state index contributed by atoms with van der Waals surface area (Å²) in [5.74, 6) is 1.72. The molecule has 0 bridgehead atoms. The number of piperidine rings is 2. The van der Waals surface area contributed by atoms with Gasteiger partial charge in [-0.05, 0) is 57.3 Å². The summed E-state index contributed by atoms with van der Waals surface area (Å²) in [5.41, 5.74) is 2.60. The monoisotopic (exact) mass is 393 g/mol. The van der Waals surface area contributed by atoms with Gasteiger partial charge in [0.05, 0.1) is 0 Å². The molecule has 2 saturated heterocycles. The molecular weight excluding hydrogens is 358 g/mol. The van der Waals surface area contributed by atoms with Crippen LogP contribution in [0.2, 0.25) is 0 Å². The Bertz CT molecular complexity index is 732. The minimum absolute atomic E-state index is 0.620. The minimum atomic E-state index is 0.620. The first-order chi connectivity index (χ1) is 14.2. The Kier molecular flexibility index (Phi) is 6.78. The van der Waals surface area contributed by atoms with E-state index in [1.54, 1.807) is 0 Å². The average Bonchev–Trinajstić information content (AvgIpc) is 2.76. The van der Waals surface area contributed by atoms with Crippen molar-refractivity contribution in [2.24, 2.45) is 5.92 Å². The van der Waals surface area contributed by atoms with E-state index in [1.165, 1.54) is 49.9 Å². The first-order valence-corrected chi connectivity index (χ1v) is 11.2. The van der Waals surface area contributed by atoms with Gasteiger partial charge in [0.2, 0.25) is 5.95 Å². The summed E-state index contributed by atoms with van der Waals surface area (Å²) < 4.78 is 0. The Morgan fingerprint density at radius 1 is 0.862 bits per heavy atom. The highest BCUT2D eigenvalue weighted by molar-refractivity contribution is 5.30. The molecule has 1 aromatic carbocycles. The number of aromatic nitrogens is 2. The Morgan fingerprint density at radius 3 is 2.14 bits per heavy atom. The van der Waals surface area contributed by atoms with Crippen molar-refractivity contribution in [3.05, 3.63) is 53.9 Å². The molecule has 2 aromatic rings. The van der Waals surface area contributed by atoms with Crippen molar-refractivity contribution in [1.29, 1.82) is 0 Å². The summed E-state index contributed by atoms with van der Waals surface area (Å²) in [5, 5.41) is 0. The predicted molar refractivity (Wildman–Crippen MR) is 119 cm³/mol. The molecule has 2 fully saturated rings. The van der Waals surface area contributed by atoms with Crippen LogP contribution in [0.4, 0.5) is 5.95 Å². The highest BCUT2D eigenvalue weighted by Crippen LogP contribution is 2.22. The van der Waals surface area contributed by atoms with E-state index in [2.05, 4.69) is 59.0 Å². The van der Waals surface area contributed by atoms with Crippen LogP contribution in [0.3, 0.4) is 0 Å². The molecular formula is C24H35N5. The lowest BCUT2D eigenvalue weighted by Gasteiger charge is -2.37. The van der Waals surface area contributed by atoms with E-state index in [4.69, 9.17) is 9.97 Å². The van der Waals surface area contributed by atoms with E-state index in [0.717, 1.165) is 38.0 Å². The molecule has 0 aliphatic carbocycles. The van der Waals surface area contributed by atoms with Gasteiger partial charge in [-0.25, -0.2) is 9.97 Å². The van der Waals surface area contributed by atoms with Gasteiger partial charge in [-0.2, -0.15) is 0 Å². The van der Waals surface area contributed by atoms with Gasteiger partial charge in [-0.3, -0.25) is 4.90 Å². The van der Waals surface area contributed by atoms with Gasteiger partial charge in [-0.15, -0.1) is 0 Å². The maximum atomic E-state index is 4.72. The Morgan fingerprint density at radius 2 is 1.48 bits per heavy atom. The highest BCUT2D eigenvalue weighted by Gasteiger charge is 2.24. The predicted octanol–water partition coefficient (Wildman–Crippen LogP) is 3.81. The number of nitrogens with zero attached hydrogens (tertiary/aromatic N) is 5. The van der Waals surface area contributed by atoms with Gasteiger partial charge in [0.15, 0.2) is 0 Å². The van der Waals surface area contributed by atoms with Crippen LogP contribution in [0.25, 0.3) is 0 Å². The fraction of sp³-hybridized carbons (Fsp3) is 0.583. The standard InChI is InChI=1S/C24H35N5/c1-20-8-14-28(15-9-20)24-25-16-22(17-26-24)19-29(18-21-6-4-3-5-7-21)23-10-12-27(2)13-11-23/h3-7,16-17,20,23H,8-15,18-19H2,1-2H3. The van der Waals surface area contributed by atoms with Crippen LogP contribution in [0, 0.1) is 5.92 Å². The van der Waals surface area contributed by atoms with Gasteiger partial charge in [0.1, 0.15) is 0 Å². The lowest BCUT2D eigenvalue weighted by molar-refractivity contribution is 0.108. The second-order valence-electron chi connectivity index (χ2n) is 8.99. The molecule has 5 heteroatoms. The van der Waals surface area contributed by atoms with Crippen molar-refractivity contribution in [2.45, 2.75) is 51.7 Å². The lowest BCUT2D eigenvalue weighted by Crippen LogP contribution is -2.43. The van der Waals surface area contributed by atoms with E-state index < -0.39 is 0 Å². The highest BCUT2D eigenvalue weighted by atomic mass is 15.3. The zero-order chi connectivity index (χ0) is 20.1. The third kappa shape index (κ3) is 5.55. The second kappa shape index (κ2) is 9.68. The van der Waals surface area contributed by atoms with Crippen molar-refractivity contribution >= 4 is 5.95 Å². The summed E-state index contributed by atoms with van der Waals surface area (Å²) in [4.78, 5) is 16.9. The van der Waals surface area contributed by atoms with Gasteiger partial charge >= 0.3 is 0 Å². The first-order valence-electron chi connectivity index (χ1n) is 11.2. The number of rotatable bonds is 6. The molecule has 29 heavy (non-hydrogen) atoms. The Balaban J connectivity index is 1.43. The molecule has 0 N–H and O–H groups in total. The van der Waals surface area contributed by atoms with Gasteiger partial charge in [0, 0.05) is 50.2 Å². The molecule has 0 atom stereocenters. The van der Waals surface area contributed by atoms with Crippen LogP contribution in [0.1, 0.15) is 43.7 Å². The quantitative estimate of drug-likeness (QED) is 0.746. The van der Waals surface area contributed by atoms with Gasteiger partial charge in [-0.1, -0.05) is 37.3 Å². The number of likely N-dealkylation sites (tertiary alicyclic amines) is 1. The molecule has 2 aliphatic heterocycles. The normalized spacial score (nSPS) is 19.8. The molecule has 0 amide bonds. The third-order valence-corrected chi connectivity index (χ3v) is 6.58. The van der Waals surface area contributed by atoms with E-state index in [1.807, 2.05) is 12.4 Å². The van der Waals surface area contributed by atoms with Crippen molar-refractivity contribution in [3.8, 4) is 0 Å². The van der Waals surface area contributed by atoms with E-state index >= 15 is 0 Å². The molecule has 156 valence electrons. The van der Waals surface area contributed by atoms with Crippen LogP contribution < -0.4 is 4.90 Å². The first kappa shape index (κ1) is 20.3. The second-order valence-corrected chi connectivity index (χ2v) is 8.99. The van der Waals surface area contributed by atoms with Crippen LogP contribution in [0.5, 0.6) is 0 Å². The minimum Gasteiger partial charge on any atom is -0.341 e. The summed E-state index contributed by atoms with van der Waals surface area (Å²) in [6.45, 7) is 8.76. The van der Waals surface area contributed by atoms with Gasteiger partial charge in [0.25, 0.3) is 0 Å². The summed E-state index contributed by atoms with van der Waals surface area (Å²) in [6.07, 6.45) is 9.04. The largest absolute Gasteiger partial charge is 0.341 e. The van der Waals surface area contributed by atoms with Crippen molar-refractivity contribution in [2.75, 3.05) is 38.1 Å². The lowest BCUT2D eigenvalue weighted by atomic mass is 10.00. The summed E-state index contributed by atoms with van der Waals surface area (Å²) >= 11 is 0. The van der Waals surface area contributed by atoms with Crippen molar-refractivity contribution in [3.63, 3.8) is 0 Å². The fourth-order valence-electron chi connectivity index (χ4n) is 4.53. The van der Waals surface area contributed by atoms with Gasteiger partial charge < -0.3 is 9.80 Å². The number of benzene rings is 1. The molecule has 1 aromatic heterocycles. The Labute approximate surface area is 175 Å². The fourth-order valence-corrected chi connectivity index (χ4v) is 4.53. The van der Waals surface area contributed by atoms with Crippen molar-refractivity contribution < 1.29 is 0 Å². The zero-order valence-corrected chi connectivity index (χ0v) is 18.0. The van der Waals surface area contributed by atoms with Crippen LogP contribution in [-0.4, -0.2) is 59.0 Å². The average molecular weight is 394 g/mol. The smallest absolute Gasteiger partial charge is 0.225 e. The molecule has 0 spiro atoms. The molecule has 2 aliphatic rings. The maximum Gasteiger partial charge on any atom is 0.225 e. The third-order valence-electron chi connectivity index (χ3n) is 6.58. The molecule has 5 nitrogen and oxygen atoms in total. The summed E-state index contributed by atoms with van der Waals surface area (Å²) in [7, 11) is 2.23. The molecule has 3 heterocycles. The molecule has 0 radical (unpaired) electrons. The van der Waals surface area contributed by atoms with Crippen LogP contribution in [-0.2, 0) is 13.1 Å². The Hall–Kier alpha value is -1.98. The molecule has 0 saturated carbocycles. The number of hydrogen-bond acceptors (Lipinski definition) is 5. The van der Waals surface area contributed by atoms with E-state index in [-0.39, 0.29) is 0 Å². The van der Waals surface area contributed by atoms with Crippen LogP contribution in [0.15, 0.2) is 42.7 Å². The SMILES string of the molecule is CC1CCN(c2ncc(CN(Cc3ccccc3)C3CCN(C)CC3)cn2)CC1. The topological polar surface area (TPSA) is 35.5 Å². The van der Waals surface area contributed by atoms with E-state index in [0.29, 0.717) is 6.04 Å². The summed E-state index contributed by atoms with van der Waals surface area (Å²) in [6, 6.07) is 11.5. The van der Waals surface area contributed by atoms with E-state index in [9.17, 15) is 0 Å². The maximum absolute atomic E-state index is 4.72. The van der Waals surface area contributed by atoms with Crippen molar-refractivity contribution in [1.82, 2.24) is 19.8 Å². The molecule has 4 rings (SSSR count). The zero-order valence-electron chi connectivity index (χ0n) is 18.0. The molecule has 0 unspecified atom stereocenters. The van der Waals surface area contributed by atoms with Crippen LogP contribution >= 0.6 is 0 Å². The number of anilines is 1.